The molecule has 0 aliphatic rings. The number of esters is 1. The smallest absolute Gasteiger partial charge is 0.397 e. The van der Waals surface area contributed by atoms with Crippen LogP contribution in [0.25, 0.3) is 0 Å². The molecular formula is C17H17NO4. The van der Waals surface area contributed by atoms with E-state index in [0.29, 0.717) is 0 Å². The lowest BCUT2D eigenvalue weighted by Crippen LogP contribution is -2.31. The quantitative estimate of drug-likeness (QED) is 0.678. The van der Waals surface area contributed by atoms with Crippen LogP contribution in [0.2, 0.25) is 0 Å². The van der Waals surface area contributed by atoms with Gasteiger partial charge in [0.25, 0.3) is 0 Å². The summed E-state index contributed by atoms with van der Waals surface area (Å²) in [7, 11) is 1.58. The lowest BCUT2D eigenvalue weighted by molar-refractivity contribution is -0.155. The predicted molar refractivity (Wildman–Crippen MR) is 81.1 cm³/mol. The summed E-state index contributed by atoms with van der Waals surface area (Å²) >= 11 is 0. The fraction of sp³-hybridized carbons (Fsp3) is 0.176. The molecule has 5 heteroatoms. The molecule has 2 aromatic carbocycles. The van der Waals surface area contributed by atoms with E-state index in [0.717, 1.165) is 16.9 Å². The van der Waals surface area contributed by atoms with Crippen LogP contribution in [-0.2, 0) is 27.5 Å². The van der Waals surface area contributed by atoms with Gasteiger partial charge in [0.1, 0.15) is 12.4 Å². The molecule has 0 aliphatic heterocycles. The molecule has 1 N–H and O–H groups in total. The van der Waals surface area contributed by atoms with E-state index >= 15 is 0 Å². The largest absolute Gasteiger partial charge is 0.497 e. The summed E-state index contributed by atoms with van der Waals surface area (Å²) in [5.41, 5.74) is 1.70. The summed E-state index contributed by atoms with van der Waals surface area (Å²) in [5, 5.41) is 2.52. The Balaban J connectivity index is 1.77. The average Bonchev–Trinajstić information content (AvgIpc) is 2.58. The summed E-state index contributed by atoms with van der Waals surface area (Å²) < 4.78 is 9.99. The van der Waals surface area contributed by atoms with Gasteiger partial charge in [-0.05, 0) is 23.3 Å². The van der Waals surface area contributed by atoms with Crippen molar-refractivity contribution in [1.29, 1.82) is 0 Å². The number of rotatable bonds is 5. The second-order valence-corrected chi connectivity index (χ2v) is 4.59. The zero-order valence-corrected chi connectivity index (χ0v) is 12.2. The van der Waals surface area contributed by atoms with Crippen molar-refractivity contribution < 1.29 is 19.1 Å². The first kappa shape index (κ1) is 15.6. The van der Waals surface area contributed by atoms with Gasteiger partial charge >= 0.3 is 11.9 Å². The number of methoxy groups -OCH3 is 1. The van der Waals surface area contributed by atoms with Crippen molar-refractivity contribution in [3.63, 3.8) is 0 Å². The van der Waals surface area contributed by atoms with E-state index in [1.54, 1.807) is 19.2 Å². The molecule has 0 saturated carbocycles. The number of carbonyl (C=O) groups is 2. The Labute approximate surface area is 128 Å². The Kier molecular flexibility index (Phi) is 5.54. The van der Waals surface area contributed by atoms with E-state index in [2.05, 4.69) is 5.32 Å². The maximum Gasteiger partial charge on any atom is 0.397 e. The van der Waals surface area contributed by atoms with Gasteiger partial charge in [-0.3, -0.25) is 4.79 Å². The molecule has 0 unspecified atom stereocenters. The summed E-state index contributed by atoms with van der Waals surface area (Å²) in [5.74, 6) is -0.915. The molecule has 0 aromatic heterocycles. The van der Waals surface area contributed by atoms with Gasteiger partial charge in [-0.2, -0.15) is 0 Å². The predicted octanol–water partition coefficient (Wildman–Crippen LogP) is 2.05. The number of benzene rings is 2. The highest BCUT2D eigenvalue weighted by Crippen LogP contribution is 2.10. The minimum absolute atomic E-state index is 0.0790. The SMILES string of the molecule is COc1ccc(CNC(=O)C(=O)OCc2ccccc2)cc1. The standard InChI is InChI=1S/C17H17NO4/c1-21-15-9-7-13(8-10-15)11-18-16(19)17(20)22-12-14-5-3-2-4-6-14/h2-10H,11-12H2,1H3,(H,18,19). The summed E-state index contributed by atoms with van der Waals surface area (Å²) in [6.07, 6.45) is 0. The third kappa shape index (κ3) is 4.63. The zero-order valence-electron chi connectivity index (χ0n) is 12.2. The monoisotopic (exact) mass is 299 g/mol. The van der Waals surface area contributed by atoms with Crippen molar-refractivity contribution in [3.05, 3.63) is 65.7 Å². The summed E-state index contributed by atoms with van der Waals surface area (Å²) in [4.78, 5) is 23.2. The third-order valence-corrected chi connectivity index (χ3v) is 3.01. The van der Waals surface area contributed by atoms with Crippen LogP contribution in [0.5, 0.6) is 5.75 Å². The number of hydrogen-bond donors (Lipinski definition) is 1. The molecule has 2 rings (SSSR count). The van der Waals surface area contributed by atoms with Crippen LogP contribution in [0.4, 0.5) is 0 Å². The van der Waals surface area contributed by atoms with Gasteiger partial charge in [-0.1, -0.05) is 42.5 Å². The molecule has 0 heterocycles. The minimum Gasteiger partial charge on any atom is -0.497 e. The van der Waals surface area contributed by atoms with Gasteiger partial charge in [0.2, 0.25) is 0 Å². The molecule has 2 aromatic rings. The highest BCUT2D eigenvalue weighted by atomic mass is 16.5. The second-order valence-electron chi connectivity index (χ2n) is 4.59. The summed E-state index contributed by atoms with van der Waals surface area (Å²) in [6.45, 7) is 0.332. The van der Waals surface area contributed by atoms with Gasteiger partial charge in [0, 0.05) is 6.54 Å². The van der Waals surface area contributed by atoms with Crippen molar-refractivity contribution in [3.8, 4) is 5.75 Å². The molecule has 22 heavy (non-hydrogen) atoms. The topological polar surface area (TPSA) is 64.6 Å². The molecule has 0 spiro atoms. The number of carbonyl (C=O) groups excluding carboxylic acids is 2. The minimum atomic E-state index is -0.891. The first-order valence-corrected chi connectivity index (χ1v) is 6.81. The Morgan fingerprint density at radius 3 is 2.27 bits per heavy atom. The second kappa shape index (κ2) is 7.83. The van der Waals surface area contributed by atoms with E-state index in [-0.39, 0.29) is 13.2 Å². The van der Waals surface area contributed by atoms with Gasteiger partial charge in [-0.25, -0.2) is 4.79 Å². The van der Waals surface area contributed by atoms with Crippen LogP contribution < -0.4 is 10.1 Å². The van der Waals surface area contributed by atoms with Crippen molar-refractivity contribution in [2.45, 2.75) is 13.2 Å². The molecule has 0 bridgehead atoms. The molecule has 0 atom stereocenters. The highest BCUT2D eigenvalue weighted by molar-refractivity contribution is 6.32. The van der Waals surface area contributed by atoms with E-state index in [1.165, 1.54) is 0 Å². The Hall–Kier alpha value is -2.82. The van der Waals surface area contributed by atoms with Gasteiger partial charge in [-0.15, -0.1) is 0 Å². The average molecular weight is 299 g/mol. The van der Waals surface area contributed by atoms with Crippen LogP contribution in [-0.4, -0.2) is 19.0 Å². The summed E-state index contributed by atoms with van der Waals surface area (Å²) in [6, 6.07) is 16.4. The Morgan fingerprint density at radius 2 is 1.64 bits per heavy atom. The van der Waals surface area contributed by atoms with Gasteiger partial charge in [0.15, 0.2) is 0 Å². The van der Waals surface area contributed by atoms with E-state index in [1.807, 2.05) is 42.5 Å². The van der Waals surface area contributed by atoms with Crippen LogP contribution in [0.15, 0.2) is 54.6 Å². The van der Waals surface area contributed by atoms with Crippen molar-refractivity contribution in [2.75, 3.05) is 7.11 Å². The van der Waals surface area contributed by atoms with Crippen LogP contribution >= 0.6 is 0 Å². The van der Waals surface area contributed by atoms with Gasteiger partial charge in [0.05, 0.1) is 7.11 Å². The number of nitrogens with one attached hydrogen (secondary N) is 1. The van der Waals surface area contributed by atoms with Crippen molar-refractivity contribution in [2.24, 2.45) is 0 Å². The molecular weight excluding hydrogens is 282 g/mol. The normalized spacial score (nSPS) is 9.86. The van der Waals surface area contributed by atoms with E-state index in [9.17, 15) is 9.59 Å². The lowest BCUT2D eigenvalue weighted by Gasteiger charge is -2.07. The molecule has 0 saturated heterocycles. The maximum absolute atomic E-state index is 11.7. The fourth-order valence-corrected chi connectivity index (χ4v) is 1.79. The lowest BCUT2D eigenvalue weighted by atomic mass is 10.2. The Bertz CT molecular complexity index is 623. The van der Waals surface area contributed by atoms with Crippen LogP contribution in [0.1, 0.15) is 11.1 Å². The first-order valence-electron chi connectivity index (χ1n) is 6.81. The van der Waals surface area contributed by atoms with Gasteiger partial charge < -0.3 is 14.8 Å². The van der Waals surface area contributed by atoms with E-state index in [4.69, 9.17) is 9.47 Å². The van der Waals surface area contributed by atoms with E-state index < -0.39 is 11.9 Å². The first-order chi connectivity index (χ1) is 10.7. The third-order valence-electron chi connectivity index (χ3n) is 3.01. The van der Waals surface area contributed by atoms with Crippen molar-refractivity contribution >= 4 is 11.9 Å². The van der Waals surface area contributed by atoms with Crippen LogP contribution in [0.3, 0.4) is 0 Å². The zero-order chi connectivity index (χ0) is 15.8. The fourth-order valence-electron chi connectivity index (χ4n) is 1.79. The molecule has 5 nitrogen and oxygen atoms in total. The van der Waals surface area contributed by atoms with Crippen LogP contribution in [0, 0.1) is 0 Å². The molecule has 0 radical (unpaired) electrons. The molecule has 1 amide bonds. The van der Waals surface area contributed by atoms with Crippen molar-refractivity contribution in [1.82, 2.24) is 5.32 Å². The maximum atomic E-state index is 11.7. The molecule has 114 valence electrons. The molecule has 0 aliphatic carbocycles. The Morgan fingerprint density at radius 1 is 0.955 bits per heavy atom. The number of ether oxygens (including phenoxy) is 2. The number of amides is 1. The molecule has 0 fully saturated rings. The number of hydrogen-bond acceptors (Lipinski definition) is 4. The highest BCUT2D eigenvalue weighted by Gasteiger charge is 2.14.